The van der Waals surface area contributed by atoms with Gasteiger partial charge >= 0.3 is 6.36 Å². The first-order valence-corrected chi connectivity index (χ1v) is 11.1. The van der Waals surface area contributed by atoms with Crippen LogP contribution in [-0.4, -0.2) is 72.9 Å². The quantitative estimate of drug-likeness (QED) is 0.523. The molecular weight excluding hydrogens is 467 g/mol. The topological polar surface area (TPSA) is 92.2 Å². The molecule has 180 valence electrons. The Morgan fingerprint density at radius 3 is 2.91 bits per heavy atom. The molecule has 1 unspecified atom stereocenters. The van der Waals surface area contributed by atoms with Crippen LogP contribution in [0.4, 0.5) is 13.2 Å². The van der Waals surface area contributed by atoms with Gasteiger partial charge in [0.1, 0.15) is 30.2 Å². The molecule has 2 fully saturated rings. The van der Waals surface area contributed by atoms with Gasteiger partial charge in [-0.05, 0) is 19.1 Å². The fraction of sp³-hybridized carbons (Fsp3) is 0.550. The van der Waals surface area contributed by atoms with Crippen molar-refractivity contribution in [1.82, 2.24) is 14.9 Å². The zero-order valence-corrected chi connectivity index (χ0v) is 18.5. The van der Waals surface area contributed by atoms with Gasteiger partial charge in [-0.3, -0.25) is 9.53 Å². The number of ether oxygens (including phenoxy) is 5. The molecule has 2 saturated heterocycles. The largest absolute Gasteiger partial charge is 0.522 e. The molecule has 0 N–H and O–H groups in total. The summed E-state index contributed by atoms with van der Waals surface area (Å²) in [4.78, 5) is 23.4. The van der Waals surface area contributed by atoms with Gasteiger partial charge in [0.25, 0.3) is 11.8 Å². The third kappa shape index (κ3) is 5.21. The van der Waals surface area contributed by atoms with Crippen molar-refractivity contribution in [3.05, 3.63) is 34.4 Å². The maximum absolute atomic E-state index is 13.1. The molecule has 2 atom stereocenters. The van der Waals surface area contributed by atoms with Gasteiger partial charge in [-0.25, -0.2) is 9.97 Å². The molecule has 2 aromatic heterocycles. The van der Waals surface area contributed by atoms with Crippen molar-refractivity contribution in [3.63, 3.8) is 0 Å². The number of carbonyl (C=O) groups excluding carboxylic acids is 1. The van der Waals surface area contributed by atoms with E-state index in [1.165, 1.54) is 23.5 Å². The highest BCUT2D eigenvalue weighted by atomic mass is 32.1. The Kier molecular flexibility index (Phi) is 7.02. The van der Waals surface area contributed by atoms with Crippen LogP contribution in [0, 0.1) is 0 Å². The second-order valence-electron chi connectivity index (χ2n) is 7.22. The Morgan fingerprint density at radius 1 is 1.33 bits per heavy atom. The number of pyridine rings is 1. The summed E-state index contributed by atoms with van der Waals surface area (Å²) in [5.74, 6) is -0.191. The summed E-state index contributed by atoms with van der Waals surface area (Å²) in [6.45, 7) is 1.74. The SMILES string of the molecule is CCOc1nc(C(=O)N2CC[C@@]3(c4nccs4)OCOC3C2)ccc1OCCOC(F)(F)F. The Labute approximate surface area is 191 Å². The Morgan fingerprint density at radius 2 is 2.18 bits per heavy atom. The van der Waals surface area contributed by atoms with E-state index in [1.54, 1.807) is 18.0 Å². The van der Waals surface area contributed by atoms with Crippen LogP contribution >= 0.6 is 11.3 Å². The molecule has 0 spiro atoms. The number of alkyl halides is 3. The minimum atomic E-state index is -4.74. The molecule has 13 heteroatoms. The summed E-state index contributed by atoms with van der Waals surface area (Å²) < 4.78 is 62.4. The zero-order valence-electron chi connectivity index (χ0n) is 17.7. The molecule has 4 rings (SSSR count). The van der Waals surface area contributed by atoms with Crippen molar-refractivity contribution in [2.75, 3.05) is 39.7 Å². The second-order valence-corrected chi connectivity index (χ2v) is 8.12. The lowest BCUT2D eigenvalue weighted by Crippen LogP contribution is -2.53. The van der Waals surface area contributed by atoms with E-state index in [1.807, 2.05) is 5.38 Å². The molecular formula is C20H22F3N3O6S. The zero-order chi connectivity index (χ0) is 23.5. The number of rotatable bonds is 8. The summed E-state index contributed by atoms with van der Waals surface area (Å²) in [6, 6.07) is 2.89. The number of fused-ring (bicyclic) bond motifs is 1. The van der Waals surface area contributed by atoms with E-state index >= 15 is 0 Å². The van der Waals surface area contributed by atoms with E-state index in [4.69, 9.17) is 18.9 Å². The van der Waals surface area contributed by atoms with Crippen molar-refractivity contribution >= 4 is 17.2 Å². The third-order valence-corrected chi connectivity index (χ3v) is 6.19. The Hall–Kier alpha value is -2.48. The molecule has 0 saturated carbocycles. The molecule has 4 heterocycles. The van der Waals surface area contributed by atoms with Gasteiger partial charge in [-0.1, -0.05) is 0 Å². The number of hydrogen-bond donors (Lipinski definition) is 0. The number of hydrogen-bond acceptors (Lipinski definition) is 9. The monoisotopic (exact) mass is 489 g/mol. The van der Waals surface area contributed by atoms with E-state index in [9.17, 15) is 18.0 Å². The van der Waals surface area contributed by atoms with Crippen molar-refractivity contribution in [1.29, 1.82) is 0 Å². The standard InChI is InChI=1S/C20H22F3N3O6S/c1-2-28-16-14(29-8-9-31-20(21,22)23)4-3-13(25-16)17(27)26-7-5-19(18-24-6-10-33-18)15(11-26)30-12-32-19/h3-4,6,10,15H,2,5,7-9,11-12H2,1H3/t15?,19-/m1/s1. The first kappa shape index (κ1) is 23.7. The van der Waals surface area contributed by atoms with Crippen LogP contribution < -0.4 is 9.47 Å². The van der Waals surface area contributed by atoms with Crippen LogP contribution in [0.25, 0.3) is 0 Å². The van der Waals surface area contributed by atoms with Gasteiger partial charge < -0.3 is 23.8 Å². The van der Waals surface area contributed by atoms with Crippen molar-refractivity contribution < 1.29 is 41.7 Å². The Balaban J connectivity index is 1.43. The van der Waals surface area contributed by atoms with Gasteiger partial charge in [-0.15, -0.1) is 24.5 Å². The van der Waals surface area contributed by atoms with Crippen molar-refractivity contribution in [2.45, 2.75) is 31.4 Å². The van der Waals surface area contributed by atoms with Crippen LogP contribution in [0.15, 0.2) is 23.7 Å². The van der Waals surface area contributed by atoms with E-state index in [2.05, 4.69) is 14.7 Å². The highest BCUT2D eigenvalue weighted by molar-refractivity contribution is 7.09. The van der Waals surface area contributed by atoms with Crippen LogP contribution in [-0.2, 0) is 19.8 Å². The fourth-order valence-electron chi connectivity index (χ4n) is 3.77. The Bertz CT molecular complexity index is 961. The van der Waals surface area contributed by atoms with Gasteiger partial charge in [0.2, 0.25) is 0 Å². The summed E-state index contributed by atoms with van der Waals surface area (Å²) >= 11 is 1.49. The molecule has 2 aromatic rings. The number of aromatic nitrogens is 2. The molecule has 33 heavy (non-hydrogen) atoms. The van der Waals surface area contributed by atoms with Crippen molar-refractivity contribution in [3.8, 4) is 11.6 Å². The van der Waals surface area contributed by atoms with E-state index in [0.717, 1.165) is 5.01 Å². The average molecular weight is 489 g/mol. The van der Waals surface area contributed by atoms with Crippen LogP contribution in [0.1, 0.15) is 28.8 Å². The molecule has 2 aliphatic rings. The van der Waals surface area contributed by atoms with Crippen LogP contribution in [0.2, 0.25) is 0 Å². The lowest BCUT2D eigenvalue weighted by Gasteiger charge is -2.40. The molecule has 9 nitrogen and oxygen atoms in total. The average Bonchev–Trinajstić information content (AvgIpc) is 3.46. The fourth-order valence-corrected chi connectivity index (χ4v) is 4.63. The molecule has 0 radical (unpaired) electrons. The predicted molar refractivity (Wildman–Crippen MR) is 108 cm³/mol. The highest BCUT2D eigenvalue weighted by Crippen LogP contribution is 2.43. The summed E-state index contributed by atoms with van der Waals surface area (Å²) in [6.07, 6.45) is -2.86. The summed E-state index contributed by atoms with van der Waals surface area (Å²) in [5, 5.41) is 2.70. The number of amides is 1. The molecule has 1 amide bonds. The van der Waals surface area contributed by atoms with Crippen LogP contribution in [0.3, 0.4) is 0 Å². The lowest BCUT2D eigenvalue weighted by molar-refractivity contribution is -0.325. The maximum atomic E-state index is 13.1. The normalized spacial score (nSPS) is 22.8. The number of thiazole rings is 1. The number of likely N-dealkylation sites (tertiary alicyclic amines) is 1. The van der Waals surface area contributed by atoms with E-state index in [0.29, 0.717) is 19.5 Å². The number of nitrogens with zero attached hydrogens (tertiary/aromatic N) is 3. The van der Waals surface area contributed by atoms with Gasteiger partial charge in [0.15, 0.2) is 11.4 Å². The van der Waals surface area contributed by atoms with Crippen LogP contribution in [0.5, 0.6) is 11.6 Å². The molecule has 2 aliphatic heterocycles. The highest BCUT2D eigenvalue weighted by Gasteiger charge is 2.53. The molecule has 0 bridgehead atoms. The second kappa shape index (κ2) is 9.79. The summed E-state index contributed by atoms with van der Waals surface area (Å²) in [7, 11) is 0. The first-order chi connectivity index (χ1) is 15.8. The smallest absolute Gasteiger partial charge is 0.486 e. The van der Waals surface area contributed by atoms with Gasteiger partial charge in [-0.2, -0.15) is 0 Å². The lowest BCUT2D eigenvalue weighted by atomic mass is 9.89. The summed E-state index contributed by atoms with van der Waals surface area (Å²) in [5.41, 5.74) is -0.539. The van der Waals surface area contributed by atoms with E-state index < -0.39 is 18.6 Å². The predicted octanol–water partition coefficient (Wildman–Crippen LogP) is 2.97. The number of halogens is 3. The van der Waals surface area contributed by atoms with Gasteiger partial charge in [0, 0.05) is 24.5 Å². The van der Waals surface area contributed by atoms with E-state index in [-0.39, 0.29) is 49.3 Å². The first-order valence-electron chi connectivity index (χ1n) is 10.2. The minimum absolute atomic E-state index is 0.0185. The minimum Gasteiger partial charge on any atom is -0.486 e. The molecule has 0 aromatic carbocycles. The molecule has 0 aliphatic carbocycles. The number of piperidine rings is 1. The maximum Gasteiger partial charge on any atom is 0.522 e. The number of carbonyl (C=O) groups is 1. The van der Waals surface area contributed by atoms with Crippen molar-refractivity contribution in [2.24, 2.45) is 0 Å². The third-order valence-electron chi connectivity index (χ3n) is 5.26. The van der Waals surface area contributed by atoms with Gasteiger partial charge in [0.05, 0.1) is 19.8 Å².